The Morgan fingerprint density at radius 2 is 1.92 bits per heavy atom. The van der Waals surface area contributed by atoms with Crippen molar-refractivity contribution in [2.45, 2.75) is 26.7 Å². The molecule has 0 saturated heterocycles. The summed E-state index contributed by atoms with van der Waals surface area (Å²) in [6.45, 7) is 3.43. The second-order valence-electron chi connectivity index (χ2n) is 5.58. The Hall–Kier alpha value is -3.29. The molecule has 0 bridgehead atoms. The van der Waals surface area contributed by atoms with Gasteiger partial charge >= 0.3 is 0 Å². The van der Waals surface area contributed by atoms with E-state index in [-0.39, 0.29) is 12.6 Å². The van der Waals surface area contributed by atoms with Crippen LogP contribution in [0.15, 0.2) is 48.9 Å². The van der Waals surface area contributed by atoms with Gasteiger partial charge in [-0.25, -0.2) is 4.68 Å². The Morgan fingerprint density at radius 1 is 1.15 bits per heavy atom. The summed E-state index contributed by atoms with van der Waals surface area (Å²) in [5.41, 5.74) is 1.29. The van der Waals surface area contributed by atoms with Crippen LogP contribution in [0.3, 0.4) is 0 Å². The van der Waals surface area contributed by atoms with Crippen molar-refractivity contribution < 1.29 is 14.3 Å². The molecule has 3 aromatic rings. The molecule has 0 aliphatic heterocycles. The van der Waals surface area contributed by atoms with Crippen LogP contribution in [0.25, 0.3) is 0 Å². The predicted molar refractivity (Wildman–Crippen MR) is 94.9 cm³/mol. The monoisotopic (exact) mass is 355 g/mol. The molecule has 1 N–H and O–H groups in total. The number of ether oxygens (including phenoxy) is 2. The van der Waals surface area contributed by atoms with Crippen molar-refractivity contribution in [2.75, 3.05) is 7.11 Å². The third-order valence-corrected chi connectivity index (χ3v) is 3.76. The molecule has 3 rings (SSSR count). The first kappa shape index (κ1) is 17.5. The number of methoxy groups -OCH3 is 1. The van der Waals surface area contributed by atoms with Gasteiger partial charge in [0.1, 0.15) is 17.2 Å². The molecule has 0 fully saturated rings. The second-order valence-corrected chi connectivity index (χ2v) is 5.58. The van der Waals surface area contributed by atoms with Crippen molar-refractivity contribution in [2.24, 2.45) is 0 Å². The van der Waals surface area contributed by atoms with Gasteiger partial charge in [-0.05, 0) is 37.3 Å². The van der Waals surface area contributed by atoms with Gasteiger partial charge in [-0.2, -0.15) is 10.2 Å². The highest BCUT2D eigenvalue weighted by atomic mass is 16.5. The fourth-order valence-corrected chi connectivity index (χ4v) is 2.31. The van der Waals surface area contributed by atoms with Crippen LogP contribution in [0.5, 0.6) is 11.5 Å². The lowest BCUT2D eigenvalue weighted by molar-refractivity contribution is 0.0944. The number of nitrogens with zero attached hydrogens (tertiary/aromatic N) is 4. The minimum Gasteiger partial charge on any atom is -0.497 e. The van der Waals surface area contributed by atoms with Gasteiger partial charge in [-0.3, -0.25) is 9.48 Å². The van der Waals surface area contributed by atoms with Crippen LogP contribution < -0.4 is 14.8 Å². The number of aryl methyl sites for hydroxylation is 1. The van der Waals surface area contributed by atoms with Crippen molar-refractivity contribution in [3.05, 3.63) is 60.2 Å². The standard InChI is InChI=1S/C18H21N5O3/c1-3-22-12-14(11-20-22)10-19-18(24)17-8-9-23(21-17)13-26-16-6-4-15(25-2)5-7-16/h4-9,11-12H,3,10,13H2,1-2H3,(H,19,24). The van der Waals surface area contributed by atoms with E-state index in [0.717, 1.165) is 17.9 Å². The van der Waals surface area contributed by atoms with Crippen LogP contribution in [0.2, 0.25) is 0 Å². The summed E-state index contributed by atoms with van der Waals surface area (Å²) in [6.07, 6.45) is 5.35. The fourth-order valence-electron chi connectivity index (χ4n) is 2.31. The number of aromatic nitrogens is 4. The average Bonchev–Trinajstić information content (AvgIpc) is 3.34. The number of carbonyl (C=O) groups is 1. The van der Waals surface area contributed by atoms with Gasteiger partial charge < -0.3 is 14.8 Å². The molecule has 8 heteroatoms. The Bertz CT molecular complexity index is 854. The first-order chi connectivity index (χ1) is 12.7. The third-order valence-electron chi connectivity index (χ3n) is 3.76. The highest BCUT2D eigenvalue weighted by molar-refractivity contribution is 5.92. The molecular formula is C18H21N5O3. The van der Waals surface area contributed by atoms with Crippen LogP contribution in [0.4, 0.5) is 0 Å². The molecule has 8 nitrogen and oxygen atoms in total. The molecule has 0 saturated carbocycles. The van der Waals surface area contributed by atoms with E-state index in [9.17, 15) is 4.79 Å². The fraction of sp³-hybridized carbons (Fsp3) is 0.278. The van der Waals surface area contributed by atoms with E-state index in [2.05, 4.69) is 15.5 Å². The Kier molecular flexibility index (Phi) is 5.52. The first-order valence-electron chi connectivity index (χ1n) is 8.27. The van der Waals surface area contributed by atoms with Gasteiger partial charge in [0.15, 0.2) is 6.73 Å². The maximum atomic E-state index is 12.2. The zero-order valence-corrected chi connectivity index (χ0v) is 14.8. The molecular weight excluding hydrogens is 334 g/mol. The highest BCUT2D eigenvalue weighted by Gasteiger charge is 2.10. The number of nitrogens with one attached hydrogen (secondary N) is 1. The number of rotatable bonds is 8. The van der Waals surface area contributed by atoms with Gasteiger partial charge in [0.05, 0.1) is 13.3 Å². The summed E-state index contributed by atoms with van der Waals surface area (Å²) in [5.74, 6) is 1.22. The molecule has 26 heavy (non-hydrogen) atoms. The normalized spacial score (nSPS) is 10.5. The minimum absolute atomic E-state index is 0.211. The van der Waals surface area contributed by atoms with E-state index in [0.29, 0.717) is 18.0 Å². The molecule has 2 aromatic heterocycles. The summed E-state index contributed by atoms with van der Waals surface area (Å²) in [7, 11) is 1.61. The molecule has 1 amide bonds. The van der Waals surface area contributed by atoms with E-state index >= 15 is 0 Å². The molecule has 0 radical (unpaired) electrons. The van der Waals surface area contributed by atoms with Gasteiger partial charge in [0, 0.05) is 31.0 Å². The third kappa shape index (κ3) is 4.41. The average molecular weight is 355 g/mol. The largest absolute Gasteiger partial charge is 0.497 e. The smallest absolute Gasteiger partial charge is 0.272 e. The Balaban J connectivity index is 1.50. The van der Waals surface area contributed by atoms with Gasteiger partial charge in [-0.15, -0.1) is 0 Å². The number of hydrogen-bond acceptors (Lipinski definition) is 5. The van der Waals surface area contributed by atoms with E-state index in [1.807, 2.05) is 42.1 Å². The summed E-state index contributed by atoms with van der Waals surface area (Å²) in [4.78, 5) is 12.2. The summed E-state index contributed by atoms with van der Waals surface area (Å²) in [6, 6.07) is 8.91. The molecule has 0 unspecified atom stereocenters. The first-order valence-corrected chi connectivity index (χ1v) is 8.27. The van der Waals surface area contributed by atoms with E-state index in [1.165, 1.54) is 0 Å². The van der Waals surface area contributed by atoms with Crippen molar-refractivity contribution >= 4 is 5.91 Å². The van der Waals surface area contributed by atoms with E-state index < -0.39 is 0 Å². The molecule has 0 aliphatic carbocycles. The van der Waals surface area contributed by atoms with Crippen molar-refractivity contribution in [1.82, 2.24) is 24.9 Å². The predicted octanol–water partition coefficient (Wildman–Crippen LogP) is 2.07. The quantitative estimate of drug-likeness (QED) is 0.669. The number of hydrogen-bond donors (Lipinski definition) is 1. The van der Waals surface area contributed by atoms with Crippen LogP contribution >= 0.6 is 0 Å². The van der Waals surface area contributed by atoms with Crippen LogP contribution in [0, 0.1) is 0 Å². The Morgan fingerprint density at radius 3 is 2.62 bits per heavy atom. The molecule has 1 aromatic carbocycles. The van der Waals surface area contributed by atoms with E-state index in [4.69, 9.17) is 9.47 Å². The zero-order chi connectivity index (χ0) is 18.4. The summed E-state index contributed by atoms with van der Waals surface area (Å²) in [5, 5.41) is 11.2. The molecule has 2 heterocycles. The number of amides is 1. The van der Waals surface area contributed by atoms with Gasteiger partial charge in [0.25, 0.3) is 5.91 Å². The lowest BCUT2D eigenvalue weighted by Gasteiger charge is -2.07. The number of carbonyl (C=O) groups excluding carboxylic acids is 1. The van der Waals surface area contributed by atoms with Crippen molar-refractivity contribution in [1.29, 1.82) is 0 Å². The summed E-state index contributed by atoms with van der Waals surface area (Å²) < 4.78 is 14.1. The zero-order valence-electron chi connectivity index (χ0n) is 14.8. The molecule has 0 atom stereocenters. The molecule has 0 spiro atoms. The highest BCUT2D eigenvalue weighted by Crippen LogP contribution is 2.17. The second kappa shape index (κ2) is 8.19. The van der Waals surface area contributed by atoms with Crippen molar-refractivity contribution in [3.63, 3.8) is 0 Å². The lowest BCUT2D eigenvalue weighted by Crippen LogP contribution is -2.23. The lowest BCUT2D eigenvalue weighted by atomic mass is 10.3. The van der Waals surface area contributed by atoms with Crippen LogP contribution in [0.1, 0.15) is 23.0 Å². The van der Waals surface area contributed by atoms with Crippen molar-refractivity contribution in [3.8, 4) is 11.5 Å². The van der Waals surface area contributed by atoms with Gasteiger partial charge in [-0.1, -0.05) is 0 Å². The topological polar surface area (TPSA) is 83.2 Å². The number of benzene rings is 1. The molecule has 0 aliphatic rings. The van der Waals surface area contributed by atoms with Crippen LogP contribution in [-0.4, -0.2) is 32.6 Å². The van der Waals surface area contributed by atoms with Crippen LogP contribution in [-0.2, 0) is 19.8 Å². The van der Waals surface area contributed by atoms with E-state index in [1.54, 1.807) is 30.3 Å². The molecule has 136 valence electrons. The Labute approximate surface area is 151 Å². The minimum atomic E-state index is -0.238. The van der Waals surface area contributed by atoms with Gasteiger partial charge in [0.2, 0.25) is 0 Å². The maximum Gasteiger partial charge on any atom is 0.272 e. The summed E-state index contributed by atoms with van der Waals surface area (Å²) >= 11 is 0. The maximum absolute atomic E-state index is 12.2. The SMILES string of the molecule is CCn1cc(CNC(=O)c2ccn(COc3ccc(OC)cc3)n2)cn1.